The number of carbonyl (C=O) groups is 1. The van der Waals surface area contributed by atoms with Gasteiger partial charge in [-0.15, -0.1) is 10.2 Å². The molecular formula is C10H18N4OS2. The van der Waals surface area contributed by atoms with Crippen molar-refractivity contribution in [2.75, 3.05) is 17.6 Å². The van der Waals surface area contributed by atoms with Crippen molar-refractivity contribution in [2.24, 2.45) is 0 Å². The van der Waals surface area contributed by atoms with Crippen LogP contribution in [0.25, 0.3) is 0 Å². The van der Waals surface area contributed by atoms with Crippen LogP contribution in [0.2, 0.25) is 0 Å². The molecule has 1 amide bonds. The Hall–Kier alpha value is -0.820. The molecule has 0 saturated heterocycles. The third-order valence-corrected chi connectivity index (χ3v) is 4.10. The van der Waals surface area contributed by atoms with E-state index >= 15 is 0 Å². The number of aromatic nitrogens is 2. The van der Waals surface area contributed by atoms with Gasteiger partial charge in [-0.2, -0.15) is 0 Å². The van der Waals surface area contributed by atoms with E-state index in [0.29, 0.717) is 5.75 Å². The van der Waals surface area contributed by atoms with E-state index in [2.05, 4.69) is 20.8 Å². The fraction of sp³-hybridized carbons (Fsp3) is 0.700. The van der Waals surface area contributed by atoms with E-state index in [-0.39, 0.29) is 11.9 Å². The minimum Gasteiger partial charge on any atom is -0.360 e. The number of hydrogen-bond acceptors (Lipinski definition) is 6. The van der Waals surface area contributed by atoms with Crippen molar-refractivity contribution in [3.05, 3.63) is 0 Å². The Morgan fingerprint density at radius 3 is 2.88 bits per heavy atom. The molecule has 0 spiro atoms. The molecule has 0 fully saturated rings. The summed E-state index contributed by atoms with van der Waals surface area (Å²) >= 11 is 2.89. The van der Waals surface area contributed by atoms with Crippen molar-refractivity contribution in [3.63, 3.8) is 0 Å². The number of amides is 1. The third-order valence-electron chi connectivity index (χ3n) is 2.08. The second-order valence-electron chi connectivity index (χ2n) is 3.57. The topological polar surface area (TPSA) is 66.9 Å². The van der Waals surface area contributed by atoms with E-state index in [1.807, 2.05) is 20.8 Å². The van der Waals surface area contributed by atoms with Crippen molar-refractivity contribution in [3.8, 4) is 0 Å². The molecular weight excluding hydrogens is 256 g/mol. The maximum absolute atomic E-state index is 11.5. The van der Waals surface area contributed by atoms with Gasteiger partial charge in [0.05, 0.1) is 5.75 Å². The van der Waals surface area contributed by atoms with Gasteiger partial charge in [0.2, 0.25) is 11.0 Å². The van der Waals surface area contributed by atoms with Gasteiger partial charge in [0.25, 0.3) is 0 Å². The lowest BCUT2D eigenvalue weighted by molar-refractivity contribution is -0.119. The van der Waals surface area contributed by atoms with Crippen LogP contribution in [-0.2, 0) is 4.79 Å². The molecule has 0 radical (unpaired) electrons. The quantitative estimate of drug-likeness (QED) is 0.744. The number of hydrogen-bond donors (Lipinski definition) is 2. The van der Waals surface area contributed by atoms with E-state index < -0.39 is 0 Å². The molecule has 96 valence electrons. The standard InChI is InChI=1S/C10H18N4OS2/c1-4-7(3)12-8(15)6-16-10-14-13-9(17-10)11-5-2/h7H,4-6H2,1-3H3,(H,11,13)(H,12,15)/t7-/m0/s1. The van der Waals surface area contributed by atoms with Gasteiger partial charge in [0.1, 0.15) is 0 Å². The van der Waals surface area contributed by atoms with Gasteiger partial charge < -0.3 is 10.6 Å². The fourth-order valence-corrected chi connectivity index (χ4v) is 2.67. The van der Waals surface area contributed by atoms with E-state index in [1.54, 1.807) is 0 Å². The molecule has 0 aliphatic heterocycles. The average Bonchev–Trinajstić information content (AvgIpc) is 2.74. The highest BCUT2D eigenvalue weighted by molar-refractivity contribution is 8.01. The number of carbonyl (C=O) groups excluding carboxylic acids is 1. The van der Waals surface area contributed by atoms with Crippen LogP contribution in [0.5, 0.6) is 0 Å². The van der Waals surface area contributed by atoms with Gasteiger partial charge >= 0.3 is 0 Å². The Balaban J connectivity index is 2.31. The zero-order chi connectivity index (χ0) is 12.7. The maximum atomic E-state index is 11.5. The Morgan fingerprint density at radius 2 is 2.24 bits per heavy atom. The van der Waals surface area contributed by atoms with Crippen LogP contribution in [0.4, 0.5) is 5.13 Å². The molecule has 0 aliphatic carbocycles. The lowest BCUT2D eigenvalue weighted by atomic mass is 10.3. The molecule has 1 aromatic heterocycles. The van der Waals surface area contributed by atoms with E-state index in [1.165, 1.54) is 23.1 Å². The first-order valence-electron chi connectivity index (χ1n) is 5.65. The average molecular weight is 274 g/mol. The van der Waals surface area contributed by atoms with Crippen LogP contribution in [0.15, 0.2) is 4.34 Å². The first-order valence-corrected chi connectivity index (χ1v) is 7.45. The lowest BCUT2D eigenvalue weighted by Crippen LogP contribution is -2.33. The monoisotopic (exact) mass is 274 g/mol. The second-order valence-corrected chi connectivity index (χ2v) is 5.77. The number of anilines is 1. The summed E-state index contributed by atoms with van der Waals surface area (Å²) in [6, 6.07) is 0.231. The SMILES string of the molecule is CCNc1nnc(SCC(=O)N[C@@H](C)CC)s1. The molecule has 1 heterocycles. The molecule has 0 bridgehead atoms. The zero-order valence-electron chi connectivity index (χ0n) is 10.3. The second kappa shape index (κ2) is 7.50. The van der Waals surface area contributed by atoms with Crippen LogP contribution >= 0.6 is 23.1 Å². The van der Waals surface area contributed by atoms with Gasteiger partial charge in [0, 0.05) is 12.6 Å². The van der Waals surface area contributed by atoms with Gasteiger partial charge in [-0.25, -0.2) is 0 Å². The van der Waals surface area contributed by atoms with E-state index in [4.69, 9.17) is 0 Å². The largest absolute Gasteiger partial charge is 0.360 e. The van der Waals surface area contributed by atoms with Gasteiger partial charge in [-0.3, -0.25) is 4.79 Å². The van der Waals surface area contributed by atoms with Crippen LogP contribution in [0.1, 0.15) is 27.2 Å². The molecule has 0 aromatic carbocycles. The summed E-state index contributed by atoms with van der Waals surface area (Å²) in [6.07, 6.45) is 0.944. The van der Waals surface area contributed by atoms with Gasteiger partial charge in [-0.05, 0) is 20.3 Å². The number of nitrogens with one attached hydrogen (secondary N) is 2. The van der Waals surface area contributed by atoms with E-state index in [0.717, 1.165) is 22.4 Å². The summed E-state index contributed by atoms with van der Waals surface area (Å²) < 4.78 is 0.820. The van der Waals surface area contributed by atoms with Crippen LogP contribution in [0, 0.1) is 0 Å². The minimum atomic E-state index is 0.0459. The van der Waals surface area contributed by atoms with Gasteiger partial charge in [-0.1, -0.05) is 30.0 Å². The molecule has 17 heavy (non-hydrogen) atoms. The molecule has 5 nitrogen and oxygen atoms in total. The highest BCUT2D eigenvalue weighted by Gasteiger charge is 2.09. The third kappa shape index (κ3) is 5.36. The Morgan fingerprint density at radius 1 is 1.47 bits per heavy atom. The summed E-state index contributed by atoms with van der Waals surface area (Å²) in [5.74, 6) is 0.440. The van der Waals surface area contributed by atoms with Gasteiger partial charge in [0.15, 0.2) is 4.34 Å². The first kappa shape index (κ1) is 14.2. The summed E-state index contributed by atoms with van der Waals surface area (Å²) in [5, 5.41) is 14.8. The summed E-state index contributed by atoms with van der Waals surface area (Å²) in [7, 11) is 0. The normalized spacial score (nSPS) is 12.2. The first-order chi connectivity index (χ1) is 8.15. The molecule has 0 saturated carbocycles. The van der Waals surface area contributed by atoms with Crippen LogP contribution in [-0.4, -0.2) is 34.4 Å². The molecule has 7 heteroatoms. The molecule has 1 atom stereocenters. The van der Waals surface area contributed by atoms with Crippen molar-refractivity contribution in [1.29, 1.82) is 0 Å². The predicted octanol–water partition coefficient (Wildman–Crippen LogP) is 1.98. The van der Waals surface area contributed by atoms with Crippen LogP contribution in [0.3, 0.4) is 0 Å². The lowest BCUT2D eigenvalue weighted by Gasteiger charge is -2.09. The molecule has 1 rings (SSSR count). The van der Waals surface area contributed by atoms with E-state index in [9.17, 15) is 4.79 Å². The smallest absolute Gasteiger partial charge is 0.230 e. The number of thioether (sulfide) groups is 1. The summed E-state index contributed by atoms with van der Waals surface area (Å²) in [5.41, 5.74) is 0. The Labute approximate surface area is 110 Å². The van der Waals surface area contributed by atoms with Crippen LogP contribution < -0.4 is 10.6 Å². The number of nitrogens with zero attached hydrogens (tertiary/aromatic N) is 2. The zero-order valence-corrected chi connectivity index (χ0v) is 12.0. The summed E-state index contributed by atoms with van der Waals surface area (Å²) in [4.78, 5) is 11.5. The Kier molecular flexibility index (Phi) is 6.28. The molecule has 2 N–H and O–H groups in total. The van der Waals surface area contributed by atoms with Crippen molar-refractivity contribution in [2.45, 2.75) is 37.6 Å². The highest BCUT2D eigenvalue weighted by atomic mass is 32.2. The molecule has 0 aliphatic rings. The Bertz CT molecular complexity index is 356. The number of rotatable bonds is 7. The van der Waals surface area contributed by atoms with Crippen molar-refractivity contribution in [1.82, 2.24) is 15.5 Å². The molecule has 0 unspecified atom stereocenters. The summed E-state index contributed by atoms with van der Waals surface area (Å²) in [6.45, 7) is 6.88. The minimum absolute atomic E-state index is 0.0459. The predicted molar refractivity (Wildman–Crippen MR) is 72.7 cm³/mol. The van der Waals surface area contributed by atoms with Crippen molar-refractivity contribution < 1.29 is 4.79 Å². The molecule has 1 aromatic rings. The maximum Gasteiger partial charge on any atom is 0.230 e. The highest BCUT2D eigenvalue weighted by Crippen LogP contribution is 2.24. The van der Waals surface area contributed by atoms with Crippen molar-refractivity contribution >= 4 is 34.1 Å². The fourth-order valence-electron chi connectivity index (χ4n) is 1.04.